The minimum atomic E-state index is 1.17. The number of benzene rings is 8. The Labute approximate surface area is 252 Å². The van der Waals surface area contributed by atoms with Crippen LogP contribution in [-0.4, -0.2) is 8.97 Å². The van der Waals surface area contributed by atoms with Gasteiger partial charge in [0.25, 0.3) is 0 Å². The molecule has 0 saturated carbocycles. The summed E-state index contributed by atoms with van der Waals surface area (Å²) in [6.45, 7) is 0. The second-order valence-corrected chi connectivity index (χ2v) is 12.1. The van der Waals surface area contributed by atoms with E-state index >= 15 is 0 Å². The molecule has 8 aromatic carbocycles. The van der Waals surface area contributed by atoms with E-state index in [0.29, 0.717) is 0 Å². The Kier molecular flexibility index (Phi) is 4.10. The van der Waals surface area contributed by atoms with Crippen LogP contribution < -0.4 is 0 Å². The highest BCUT2D eigenvalue weighted by Gasteiger charge is 2.25. The van der Waals surface area contributed by atoms with Gasteiger partial charge >= 0.3 is 0 Å². The topological polar surface area (TPSA) is 9.34 Å². The van der Waals surface area contributed by atoms with Crippen LogP contribution in [0.2, 0.25) is 0 Å². The molecule has 0 unspecified atom stereocenters. The zero-order chi connectivity index (χ0) is 28.5. The summed E-state index contributed by atoms with van der Waals surface area (Å²) in [5.74, 6) is 0. The van der Waals surface area contributed by atoms with Gasteiger partial charge in [0.15, 0.2) is 0 Å². The first kappa shape index (κ1) is 22.7. The van der Waals surface area contributed by atoms with E-state index in [1.54, 1.807) is 0 Å². The number of aromatic nitrogens is 2. The van der Waals surface area contributed by atoms with Crippen LogP contribution in [-0.2, 0) is 0 Å². The second-order valence-electron chi connectivity index (χ2n) is 12.1. The molecule has 2 heteroatoms. The molecule has 0 atom stereocenters. The number of hydrogen-bond acceptors (Lipinski definition) is 0. The zero-order valence-electron chi connectivity index (χ0n) is 23.8. The van der Waals surface area contributed by atoms with Crippen molar-refractivity contribution >= 4 is 81.4 Å². The summed E-state index contributed by atoms with van der Waals surface area (Å²) in [4.78, 5) is 0. The first-order chi connectivity index (χ1) is 21.9. The van der Waals surface area contributed by atoms with Gasteiger partial charge in [-0.05, 0) is 57.4 Å². The Balaban J connectivity index is 1.30. The van der Waals surface area contributed by atoms with Gasteiger partial charge in [0.05, 0.1) is 27.6 Å². The molecule has 0 aliphatic rings. The average Bonchev–Trinajstić information content (AvgIpc) is 3.74. The van der Waals surface area contributed by atoms with Crippen LogP contribution in [0, 0.1) is 0 Å². The molecule has 11 rings (SSSR count). The summed E-state index contributed by atoms with van der Waals surface area (Å²) in [6, 6.07) is 53.8. The molecule has 3 heterocycles. The van der Waals surface area contributed by atoms with E-state index in [-0.39, 0.29) is 0 Å². The van der Waals surface area contributed by atoms with Crippen molar-refractivity contribution in [2.45, 2.75) is 0 Å². The third kappa shape index (κ3) is 2.63. The van der Waals surface area contributed by atoms with Gasteiger partial charge in [-0.2, -0.15) is 0 Å². The van der Waals surface area contributed by atoms with Gasteiger partial charge in [-0.25, -0.2) is 0 Å². The minimum Gasteiger partial charge on any atom is -0.309 e. The number of fused-ring (bicyclic) bond motifs is 10. The SMILES string of the molecule is c1cc(-c2ccc3c4ccccc4c4ccc5c6ccccc6n6c2c3c4c56)cc(-n2c3ccccc3c3ccccc32)c1. The van der Waals surface area contributed by atoms with Crippen molar-refractivity contribution in [2.75, 3.05) is 0 Å². The van der Waals surface area contributed by atoms with Gasteiger partial charge in [-0.3, -0.25) is 0 Å². The number of para-hydroxylation sites is 3. The summed E-state index contributed by atoms with van der Waals surface area (Å²) in [5, 5.41) is 13.2. The summed E-state index contributed by atoms with van der Waals surface area (Å²) in [6.07, 6.45) is 0. The van der Waals surface area contributed by atoms with Crippen molar-refractivity contribution in [1.82, 2.24) is 8.97 Å². The van der Waals surface area contributed by atoms with Crippen LogP contribution in [0.5, 0.6) is 0 Å². The predicted molar refractivity (Wildman–Crippen MR) is 187 cm³/mol. The predicted octanol–water partition coefficient (Wildman–Crippen LogP) is 11.3. The molecule has 3 aromatic heterocycles. The number of nitrogens with zero attached hydrogens (tertiary/aromatic N) is 2. The van der Waals surface area contributed by atoms with Crippen molar-refractivity contribution in [1.29, 1.82) is 0 Å². The van der Waals surface area contributed by atoms with Crippen molar-refractivity contribution in [3.8, 4) is 16.8 Å². The molecule has 0 amide bonds. The molecular weight excluding hydrogens is 532 g/mol. The molecule has 202 valence electrons. The fourth-order valence-corrected chi connectivity index (χ4v) is 8.27. The molecule has 0 fully saturated rings. The molecule has 0 radical (unpaired) electrons. The van der Waals surface area contributed by atoms with Crippen LogP contribution in [0.1, 0.15) is 0 Å². The smallest absolute Gasteiger partial charge is 0.0627 e. The summed E-state index contributed by atoms with van der Waals surface area (Å²) in [7, 11) is 0. The highest BCUT2D eigenvalue weighted by Crippen LogP contribution is 2.49. The van der Waals surface area contributed by atoms with Crippen molar-refractivity contribution in [2.24, 2.45) is 0 Å². The Bertz CT molecular complexity index is 2880. The van der Waals surface area contributed by atoms with E-state index < -0.39 is 0 Å². The normalized spacial score (nSPS) is 12.5. The summed E-state index contributed by atoms with van der Waals surface area (Å²) < 4.78 is 4.97. The van der Waals surface area contributed by atoms with Crippen LogP contribution in [0.3, 0.4) is 0 Å². The molecule has 0 N–H and O–H groups in total. The van der Waals surface area contributed by atoms with Crippen molar-refractivity contribution < 1.29 is 0 Å². The molecule has 0 spiro atoms. The fourth-order valence-electron chi connectivity index (χ4n) is 8.27. The second kappa shape index (κ2) is 7.94. The van der Waals surface area contributed by atoms with E-state index in [9.17, 15) is 0 Å². The zero-order valence-corrected chi connectivity index (χ0v) is 23.8. The van der Waals surface area contributed by atoms with Gasteiger partial charge in [-0.15, -0.1) is 0 Å². The molecule has 0 aliphatic carbocycles. The molecule has 0 bridgehead atoms. The van der Waals surface area contributed by atoms with E-state index in [1.807, 2.05) is 0 Å². The minimum absolute atomic E-state index is 1.17. The lowest BCUT2D eigenvalue weighted by Gasteiger charge is -2.14. The van der Waals surface area contributed by atoms with Crippen LogP contribution in [0.25, 0.3) is 98.3 Å². The average molecular weight is 557 g/mol. The first-order valence-electron chi connectivity index (χ1n) is 15.3. The quantitative estimate of drug-likeness (QED) is 0.187. The maximum atomic E-state index is 2.55. The molecule has 0 aliphatic heterocycles. The third-order valence-electron chi connectivity index (χ3n) is 9.99. The highest BCUT2D eigenvalue weighted by atomic mass is 15.0. The van der Waals surface area contributed by atoms with E-state index in [1.165, 1.54) is 98.3 Å². The van der Waals surface area contributed by atoms with E-state index in [0.717, 1.165) is 0 Å². The standard InChI is InChI=1S/C42H24N2/c1-2-13-29-28(12-1)33-21-20-27(41-39(33)40-34(29)22-23-35-32-16-5-8-19-38(32)44(41)42(35)40)25-10-9-11-26(24-25)43-36-17-6-3-14-30(36)31-15-4-7-18-37(31)43/h1-24H. The monoisotopic (exact) mass is 556 g/mol. The first-order valence-corrected chi connectivity index (χ1v) is 15.3. The number of rotatable bonds is 2. The van der Waals surface area contributed by atoms with Crippen LogP contribution in [0.4, 0.5) is 0 Å². The van der Waals surface area contributed by atoms with Gasteiger partial charge in [0.2, 0.25) is 0 Å². The van der Waals surface area contributed by atoms with Gasteiger partial charge in [-0.1, -0.05) is 115 Å². The van der Waals surface area contributed by atoms with Gasteiger partial charge in [0, 0.05) is 43.6 Å². The van der Waals surface area contributed by atoms with Crippen LogP contribution >= 0.6 is 0 Å². The molecule has 0 saturated heterocycles. The van der Waals surface area contributed by atoms with Crippen molar-refractivity contribution in [3.05, 3.63) is 146 Å². The Hall–Kier alpha value is -5.86. The molecule has 11 aromatic rings. The maximum Gasteiger partial charge on any atom is 0.0627 e. The third-order valence-corrected chi connectivity index (χ3v) is 9.99. The Morgan fingerprint density at radius 3 is 1.55 bits per heavy atom. The molecule has 44 heavy (non-hydrogen) atoms. The number of hydrogen-bond donors (Lipinski definition) is 0. The van der Waals surface area contributed by atoms with Gasteiger partial charge < -0.3 is 8.97 Å². The van der Waals surface area contributed by atoms with E-state index in [4.69, 9.17) is 0 Å². The highest BCUT2D eigenvalue weighted by molar-refractivity contribution is 6.39. The van der Waals surface area contributed by atoms with Crippen molar-refractivity contribution in [3.63, 3.8) is 0 Å². The Morgan fingerprint density at radius 2 is 0.864 bits per heavy atom. The summed E-state index contributed by atoms with van der Waals surface area (Å²) >= 11 is 0. The maximum absolute atomic E-state index is 2.55. The van der Waals surface area contributed by atoms with Crippen LogP contribution in [0.15, 0.2) is 146 Å². The molecular formula is C42H24N2. The lowest BCUT2D eigenvalue weighted by Crippen LogP contribution is -1.94. The largest absolute Gasteiger partial charge is 0.309 e. The molecule has 2 nitrogen and oxygen atoms in total. The lowest BCUT2D eigenvalue weighted by atomic mass is 9.91. The summed E-state index contributed by atoms with van der Waals surface area (Å²) in [5.41, 5.74) is 10.0. The van der Waals surface area contributed by atoms with Gasteiger partial charge in [0.1, 0.15) is 0 Å². The fraction of sp³-hybridized carbons (Fsp3) is 0. The Morgan fingerprint density at radius 1 is 0.341 bits per heavy atom. The lowest BCUT2D eigenvalue weighted by molar-refractivity contribution is 1.18. The van der Waals surface area contributed by atoms with E-state index in [2.05, 4.69) is 155 Å².